The van der Waals surface area contributed by atoms with E-state index in [-0.39, 0.29) is 11.8 Å². The van der Waals surface area contributed by atoms with Gasteiger partial charge in [-0.3, -0.25) is 9.59 Å². The molecule has 2 amide bonds. The van der Waals surface area contributed by atoms with E-state index in [2.05, 4.69) is 33.6 Å². The lowest BCUT2D eigenvalue weighted by Crippen LogP contribution is -2.37. The molecule has 0 spiro atoms. The van der Waals surface area contributed by atoms with Gasteiger partial charge in [0.2, 0.25) is 0 Å². The van der Waals surface area contributed by atoms with Crippen molar-refractivity contribution in [3.8, 4) is 0 Å². The molecule has 0 bridgehead atoms. The van der Waals surface area contributed by atoms with Gasteiger partial charge >= 0.3 is 0 Å². The van der Waals surface area contributed by atoms with Crippen LogP contribution in [0.2, 0.25) is 0 Å². The smallest absolute Gasteiger partial charge is 0.261 e. The Morgan fingerprint density at radius 2 is 1.02 bits per heavy atom. The summed E-state index contributed by atoms with van der Waals surface area (Å²) in [6, 6.07) is 7.98. The summed E-state index contributed by atoms with van der Waals surface area (Å²) < 4.78 is 11.2. The Morgan fingerprint density at radius 3 is 1.41 bits per heavy atom. The van der Waals surface area contributed by atoms with Gasteiger partial charge in [-0.05, 0) is 37.1 Å². The number of anilines is 2. The van der Waals surface area contributed by atoms with E-state index in [1.165, 1.54) is 0 Å². The zero-order valence-corrected chi connectivity index (χ0v) is 27.5. The number of amides is 2. The lowest BCUT2D eigenvalue weighted by Gasteiger charge is -2.29. The molecular weight excluding hydrogens is 580 g/mol. The van der Waals surface area contributed by atoms with E-state index in [4.69, 9.17) is 9.47 Å². The fraction of sp³-hybridized carbons (Fsp3) is 0.556. The first-order valence-corrected chi connectivity index (χ1v) is 17.3. The van der Waals surface area contributed by atoms with Gasteiger partial charge in [0.15, 0.2) is 0 Å². The second kappa shape index (κ2) is 15.2. The molecule has 0 aliphatic carbocycles. The Bertz CT molecular complexity index is 1350. The number of rotatable bonds is 14. The SMILES string of the molecule is CCCCCCN1C(=O)C2=C(c3ccnc(N4CCOCC4)c3)N(CCCCCC)C(=O)C2=C1c1ccnc(N2CCOCC2)c1. The number of aromatic nitrogens is 2. The highest BCUT2D eigenvalue weighted by atomic mass is 16.5. The predicted octanol–water partition coefficient (Wildman–Crippen LogP) is 5.12. The van der Waals surface area contributed by atoms with Gasteiger partial charge in [0.1, 0.15) is 11.6 Å². The summed E-state index contributed by atoms with van der Waals surface area (Å²) >= 11 is 0. The number of morpholine rings is 2. The minimum absolute atomic E-state index is 0.0876. The van der Waals surface area contributed by atoms with Crippen LogP contribution in [-0.2, 0) is 19.1 Å². The molecule has 0 saturated carbocycles. The molecule has 10 heteroatoms. The summed E-state index contributed by atoms with van der Waals surface area (Å²) in [7, 11) is 0. The van der Waals surface area contributed by atoms with Crippen LogP contribution in [0.3, 0.4) is 0 Å². The molecule has 0 aromatic carbocycles. The Balaban J connectivity index is 1.46. The number of pyridine rings is 2. The van der Waals surface area contributed by atoms with Gasteiger partial charge in [0.05, 0.1) is 49.0 Å². The van der Waals surface area contributed by atoms with Gasteiger partial charge in [0.25, 0.3) is 11.8 Å². The van der Waals surface area contributed by atoms with Crippen molar-refractivity contribution in [2.24, 2.45) is 0 Å². The Labute approximate surface area is 273 Å². The average Bonchev–Trinajstić information content (AvgIpc) is 3.56. The molecule has 0 atom stereocenters. The third kappa shape index (κ3) is 6.69. The number of hydrogen-bond donors (Lipinski definition) is 0. The molecule has 2 saturated heterocycles. The molecule has 2 aromatic heterocycles. The number of ether oxygens (including phenoxy) is 2. The zero-order chi connectivity index (χ0) is 31.9. The van der Waals surface area contributed by atoms with E-state index in [9.17, 15) is 9.59 Å². The van der Waals surface area contributed by atoms with Crippen molar-refractivity contribution in [1.82, 2.24) is 19.8 Å². The maximum atomic E-state index is 14.6. The molecule has 2 aromatic rings. The molecular formula is C36H48N6O4. The maximum absolute atomic E-state index is 14.6. The van der Waals surface area contributed by atoms with Crippen LogP contribution in [-0.4, -0.2) is 97.3 Å². The van der Waals surface area contributed by atoms with E-state index < -0.39 is 0 Å². The Hall–Kier alpha value is -3.76. The van der Waals surface area contributed by atoms with Crippen LogP contribution in [0.25, 0.3) is 11.4 Å². The zero-order valence-electron chi connectivity index (χ0n) is 27.5. The first-order chi connectivity index (χ1) is 22.6. The van der Waals surface area contributed by atoms with E-state index in [0.717, 1.165) is 112 Å². The largest absolute Gasteiger partial charge is 0.378 e. The van der Waals surface area contributed by atoms with E-state index in [1.807, 2.05) is 34.1 Å². The number of unbranched alkanes of at least 4 members (excludes halogenated alkanes) is 6. The van der Waals surface area contributed by atoms with Crippen LogP contribution in [0.15, 0.2) is 47.8 Å². The van der Waals surface area contributed by atoms with E-state index in [1.54, 1.807) is 12.4 Å². The standard InChI is InChI=1S/C36H48N6O4/c1-3-5-7-9-15-41-33(27-11-13-37-29(25-27)39-17-21-45-22-18-39)31-32(35(41)43)34(42(36(31)44)16-10-8-6-4-2)28-12-14-38-30(26-28)40-19-23-46-24-20-40/h11-14,25-26H,3-10,15-24H2,1-2H3. The highest BCUT2D eigenvalue weighted by Crippen LogP contribution is 2.47. The predicted molar refractivity (Wildman–Crippen MR) is 180 cm³/mol. The first kappa shape index (κ1) is 32.2. The van der Waals surface area contributed by atoms with Gasteiger partial charge in [-0.2, -0.15) is 0 Å². The van der Waals surface area contributed by atoms with Crippen molar-refractivity contribution >= 4 is 34.8 Å². The van der Waals surface area contributed by atoms with Gasteiger partial charge in [-0.15, -0.1) is 0 Å². The second-order valence-electron chi connectivity index (χ2n) is 12.5. The molecule has 4 aliphatic rings. The fourth-order valence-electron chi connectivity index (χ4n) is 6.88. The number of nitrogens with zero attached hydrogens (tertiary/aromatic N) is 6. The summed E-state index contributed by atoms with van der Waals surface area (Å²) in [5, 5.41) is 0. The van der Waals surface area contributed by atoms with Gasteiger partial charge < -0.3 is 29.1 Å². The lowest BCUT2D eigenvalue weighted by atomic mass is 10.0. The number of fused-ring (bicyclic) bond motifs is 1. The van der Waals surface area contributed by atoms with Crippen molar-refractivity contribution in [3.63, 3.8) is 0 Å². The van der Waals surface area contributed by atoms with Crippen molar-refractivity contribution in [2.45, 2.75) is 65.2 Å². The molecule has 6 heterocycles. The average molecular weight is 629 g/mol. The molecule has 46 heavy (non-hydrogen) atoms. The minimum atomic E-state index is -0.0876. The van der Waals surface area contributed by atoms with Crippen molar-refractivity contribution in [3.05, 3.63) is 58.9 Å². The molecule has 4 aliphatic heterocycles. The van der Waals surface area contributed by atoms with Gasteiger partial charge in [0, 0.05) is 62.8 Å². The number of carbonyl (C=O) groups is 2. The Kier molecular flexibility index (Phi) is 10.7. The summed E-state index contributed by atoms with van der Waals surface area (Å²) in [5.74, 6) is 1.51. The van der Waals surface area contributed by atoms with Crippen molar-refractivity contribution in [2.75, 3.05) is 75.5 Å². The van der Waals surface area contributed by atoms with Crippen LogP contribution in [0.4, 0.5) is 11.6 Å². The quantitative estimate of drug-likeness (QED) is 0.267. The minimum Gasteiger partial charge on any atom is -0.378 e. The maximum Gasteiger partial charge on any atom is 0.261 e. The fourth-order valence-corrected chi connectivity index (χ4v) is 6.88. The highest BCUT2D eigenvalue weighted by Gasteiger charge is 2.48. The second-order valence-corrected chi connectivity index (χ2v) is 12.5. The summed E-state index contributed by atoms with van der Waals surface area (Å²) in [6.07, 6.45) is 11.9. The van der Waals surface area contributed by atoms with Crippen LogP contribution < -0.4 is 9.80 Å². The molecule has 6 rings (SSSR count). The number of hydrogen-bond acceptors (Lipinski definition) is 8. The highest BCUT2D eigenvalue weighted by molar-refractivity contribution is 6.30. The van der Waals surface area contributed by atoms with E-state index in [0.29, 0.717) is 50.7 Å². The van der Waals surface area contributed by atoms with Crippen molar-refractivity contribution in [1.29, 1.82) is 0 Å². The normalized spacial score (nSPS) is 18.8. The summed E-state index contributed by atoms with van der Waals surface area (Å²) in [4.78, 5) is 46.8. The first-order valence-electron chi connectivity index (χ1n) is 17.3. The van der Waals surface area contributed by atoms with Gasteiger partial charge in [-0.1, -0.05) is 52.4 Å². The third-order valence-electron chi connectivity index (χ3n) is 9.36. The molecule has 246 valence electrons. The van der Waals surface area contributed by atoms with Crippen LogP contribution in [0.5, 0.6) is 0 Å². The molecule has 0 unspecified atom stereocenters. The third-order valence-corrected chi connectivity index (χ3v) is 9.36. The Morgan fingerprint density at radius 1 is 0.609 bits per heavy atom. The van der Waals surface area contributed by atoms with Crippen molar-refractivity contribution < 1.29 is 19.1 Å². The van der Waals surface area contributed by atoms with Crippen LogP contribution >= 0.6 is 0 Å². The molecule has 0 radical (unpaired) electrons. The lowest BCUT2D eigenvalue weighted by molar-refractivity contribution is -0.124. The number of carbonyl (C=O) groups excluding carboxylic acids is 2. The molecule has 2 fully saturated rings. The summed E-state index contributed by atoms with van der Waals surface area (Å²) in [5.41, 5.74) is 4.19. The van der Waals surface area contributed by atoms with Crippen LogP contribution in [0.1, 0.15) is 76.3 Å². The topological polar surface area (TPSA) is 91.3 Å². The van der Waals surface area contributed by atoms with Gasteiger partial charge in [-0.25, -0.2) is 9.97 Å². The monoisotopic (exact) mass is 628 g/mol. The molecule has 0 N–H and O–H groups in total. The van der Waals surface area contributed by atoms with Crippen LogP contribution in [0, 0.1) is 0 Å². The van der Waals surface area contributed by atoms with E-state index >= 15 is 0 Å². The molecule has 10 nitrogen and oxygen atoms in total. The summed E-state index contributed by atoms with van der Waals surface area (Å²) in [6.45, 7) is 11.2.